The third-order valence-corrected chi connectivity index (χ3v) is 3.63. The van der Waals surface area contributed by atoms with Gasteiger partial charge in [-0.15, -0.1) is 0 Å². The predicted molar refractivity (Wildman–Crippen MR) is 98.6 cm³/mol. The molecule has 136 valence electrons. The van der Waals surface area contributed by atoms with Gasteiger partial charge in [0.15, 0.2) is 23.0 Å². The number of hydrogen-bond acceptors (Lipinski definition) is 5. The summed E-state index contributed by atoms with van der Waals surface area (Å²) in [5.74, 6) is 2.22. The smallest absolute Gasteiger partial charge is 0.162 e. The van der Waals surface area contributed by atoms with E-state index >= 15 is 0 Å². The monoisotopic (exact) mass is 345 g/mol. The van der Waals surface area contributed by atoms with E-state index in [4.69, 9.17) is 14.2 Å². The first-order chi connectivity index (χ1) is 12.2. The fourth-order valence-corrected chi connectivity index (χ4v) is 2.53. The maximum Gasteiger partial charge on any atom is 0.162 e. The molecule has 0 aromatic heterocycles. The summed E-state index contributed by atoms with van der Waals surface area (Å²) in [7, 11) is 0. The fraction of sp³-hybridized carbons (Fsp3) is 0.400. The number of hydrogen-bond donors (Lipinski definition) is 2. The minimum absolute atomic E-state index is 0.193. The quantitative estimate of drug-likeness (QED) is 0.684. The van der Waals surface area contributed by atoms with Crippen LogP contribution in [-0.2, 0) is 13.1 Å². The highest BCUT2D eigenvalue weighted by molar-refractivity contribution is 5.45. The maximum atomic E-state index is 10.2. The molecule has 2 N–H and O–H groups in total. The standard InChI is InChI=1S/C20H27NO4/c1-4-23-17-11-10-15(12-19(17)25-6-3)13-21-14-16-8-7-9-18(20(16)22)24-5-2/h7-12,21-22H,4-6,13-14H2,1-3H3. The zero-order valence-corrected chi connectivity index (χ0v) is 15.2. The van der Waals surface area contributed by atoms with Crippen LogP contribution >= 0.6 is 0 Å². The van der Waals surface area contributed by atoms with Crippen LogP contribution in [0.15, 0.2) is 36.4 Å². The summed E-state index contributed by atoms with van der Waals surface area (Å²) >= 11 is 0. The molecule has 25 heavy (non-hydrogen) atoms. The van der Waals surface area contributed by atoms with Gasteiger partial charge < -0.3 is 24.6 Å². The lowest BCUT2D eigenvalue weighted by atomic mass is 10.1. The number of ether oxygens (including phenoxy) is 3. The second-order valence-electron chi connectivity index (χ2n) is 5.45. The molecule has 0 aliphatic rings. The van der Waals surface area contributed by atoms with Crippen molar-refractivity contribution in [2.45, 2.75) is 33.9 Å². The van der Waals surface area contributed by atoms with Crippen LogP contribution in [0.2, 0.25) is 0 Å². The van der Waals surface area contributed by atoms with Crippen molar-refractivity contribution in [3.63, 3.8) is 0 Å². The number of benzene rings is 2. The van der Waals surface area contributed by atoms with E-state index in [2.05, 4.69) is 5.32 Å². The molecule has 5 nitrogen and oxygen atoms in total. The van der Waals surface area contributed by atoms with E-state index in [1.807, 2.05) is 51.1 Å². The van der Waals surface area contributed by atoms with Gasteiger partial charge in [0.2, 0.25) is 0 Å². The molecule has 0 amide bonds. The van der Waals surface area contributed by atoms with E-state index in [1.54, 1.807) is 6.07 Å². The SMILES string of the molecule is CCOc1ccc(CNCc2cccc(OCC)c2O)cc1OCC. The topological polar surface area (TPSA) is 60.0 Å². The maximum absolute atomic E-state index is 10.2. The van der Waals surface area contributed by atoms with Crippen molar-refractivity contribution < 1.29 is 19.3 Å². The van der Waals surface area contributed by atoms with Gasteiger partial charge in [0.05, 0.1) is 19.8 Å². The lowest BCUT2D eigenvalue weighted by Gasteiger charge is -2.13. The minimum Gasteiger partial charge on any atom is -0.504 e. The zero-order valence-electron chi connectivity index (χ0n) is 15.2. The van der Waals surface area contributed by atoms with Crippen molar-refractivity contribution in [1.82, 2.24) is 5.32 Å². The Balaban J connectivity index is 2.00. The lowest BCUT2D eigenvalue weighted by molar-refractivity contribution is 0.287. The first-order valence-electron chi connectivity index (χ1n) is 8.72. The molecule has 0 radical (unpaired) electrons. The third kappa shape index (κ3) is 5.29. The summed E-state index contributed by atoms with van der Waals surface area (Å²) in [6.07, 6.45) is 0. The fourth-order valence-electron chi connectivity index (χ4n) is 2.53. The molecule has 0 saturated carbocycles. The van der Waals surface area contributed by atoms with E-state index in [1.165, 1.54) is 0 Å². The lowest BCUT2D eigenvalue weighted by Crippen LogP contribution is -2.13. The number of nitrogens with one attached hydrogen (secondary N) is 1. The van der Waals surface area contributed by atoms with Crippen molar-refractivity contribution in [2.24, 2.45) is 0 Å². The van der Waals surface area contributed by atoms with Crippen molar-refractivity contribution in [2.75, 3.05) is 19.8 Å². The molecule has 2 rings (SSSR count). The van der Waals surface area contributed by atoms with Gasteiger partial charge in [0.1, 0.15) is 0 Å². The van der Waals surface area contributed by atoms with Crippen molar-refractivity contribution in [3.8, 4) is 23.0 Å². The van der Waals surface area contributed by atoms with Gasteiger partial charge in [-0.25, -0.2) is 0 Å². The van der Waals surface area contributed by atoms with Gasteiger partial charge in [0, 0.05) is 18.7 Å². The Morgan fingerprint density at radius 3 is 2.20 bits per heavy atom. The van der Waals surface area contributed by atoms with Gasteiger partial charge in [-0.1, -0.05) is 18.2 Å². The van der Waals surface area contributed by atoms with Crippen LogP contribution in [0.1, 0.15) is 31.9 Å². The summed E-state index contributed by atoms with van der Waals surface area (Å²) in [6, 6.07) is 11.5. The molecule has 5 heteroatoms. The Morgan fingerprint density at radius 2 is 1.48 bits per heavy atom. The van der Waals surface area contributed by atoms with Crippen molar-refractivity contribution in [1.29, 1.82) is 0 Å². The number of aromatic hydroxyl groups is 1. The highest BCUT2D eigenvalue weighted by Gasteiger charge is 2.09. The Kier molecular flexibility index (Phi) is 7.41. The molecule has 2 aromatic rings. The van der Waals surface area contributed by atoms with Gasteiger partial charge in [-0.05, 0) is 44.5 Å². The number of phenolic OH excluding ortho intramolecular Hbond substituents is 1. The summed E-state index contributed by atoms with van der Waals surface area (Å²) < 4.78 is 16.6. The highest BCUT2D eigenvalue weighted by atomic mass is 16.5. The summed E-state index contributed by atoms with van der Waals surface area (Å²) in [4.78, 5) is 0. The van der Waals surface area contributed by atoms with Gasteiger partial charge in [0.25, 0.3) is 0 Å². The minimum atomic E-state index is 0.193. The average Bonchev–Trinajstić information content (AvgIpc) is 2.61. The first-order valence-corrected chi connectivity index (χ1v) is 8.72. The van der Waals surface area contributed by atoms with E-state index in [0.29, 0.717) is 38.7 Å². The first kappa shape index (κ1) is 18.9. The Bertz CT molecular complexity index is 673. The molecule has 2 aromatic carbocycles. The van der Waals surface area contributed by atoms with Crippen LogP contribution in [0.3, 0.4) is 0 Å². The number of para-hydroxylation sites is 1. The third-order valence-electron chi connectivity index (χ3n) is 3.63. The van der Waals surface area contributed by atoms with Crippen LogP contribution in [0, 0.1) is 0 Å². The second-order valence-corrected chi connectivity index (χ2v) is 5.45. The van der Waals surface area contributed by atoms with Crippen LogP contribution in [0.25, 0.3) is 0 Å². The molecule has 0 saturated heterocycles. The van der Waals surface area contributed by atoms with E-state index < -0.39 is 0 Å². The van der Waals surface area contributed by atoms with Gasteiger partial charge in [-0.3, -0.25) is 0 Å². The summed E-state index contributed by atoms with van der Waals surface area (Å²) in [5.41, 5.74) is 1.90. The molecule has 0 bridgehead atoms. The summed E-state index contributed by atoms with van der Waals surface area (Å²) in [6.45, 7) is 8.72. The van der Waals surface area contributed by atoms with E-state index in [9.17, 15) is 5.11 Å². The van der Waals surface area contributed by atoms with Gasteiger partial charge >= 0.3 is 0 Å². The van der Waals surface area contributed by atoms with Crippen LogP contribution < -0.4 is 19.5 Å². The molecular formula is C20H27NO4. The largest absolute Gasteiger partial charge is 0.504 e. The molecule has 0 atom stereocenters. The zero-order chi connectivity index (χ0) is 18.1. The normalized spacial score (nSPS) is 10.5. The van der Waals surface area contributed by atoms with Crippen molar-refractivity contribution in [3.05, 3.63) is 47.5 Å². The Labute approximate surface area is 149 Å². The average molecular weight is 345 g/mol. The molecule has 0 fully saturated rings. The van der Waals surface area contributed by atoms with Crippen LogP contribution in [0.4, 0.5) is 0 Å². The van der Waals surface area contributed by atoms with E-state index in [-0.39, 0.29) is 5.75 Å². The van der Waals surface area contributed by atoms with Crippen LogP contribution in [-0.4, -0.2) is 24.9 Å². The van der Waals surface area contributed by atoms with Gasteiger partial charge in [-0.2, -0.15) is 0 Å². The second kappa shape index (κ2) is 9.79. The molecule has 0 aliphatic heterocycles. The molecular weight excluding hydrogens is 318 g/mol. The molecule has 0 spiro atoms. The Hall–Kier alpha value is -2.40. The number of rotatable bonds is 10. The molecule has 0 heterocycles. The molecule has 0 aliphatic carbocycles. The highest BCUT2D eigenvalue weighted by Crippen LogP contribution is 2.30. The van der Waals surface area contributed by atoms with Crippen molar-refractivity contribution >= 4 is 0 Å². The summed E-state index contributed by atoms with van der Waals surface area (Å²) in [5, 5.41) is 13.6. The predicted octanol–water partition coefficient (Wildman–Crippen LogP) is 3.88. The molecule has 0 unspecified atom stereocenters. The number of phenols is 1. The Morgan fingerprint density at radius 1 is 0.800 bits per heavy atom. The van der Waals surface area contributed by atoms with E-state index in [0.717, 1.165) is 22.6 Å². The van der Waals surface area contributed by atoms with Crippen LogP contribution in [0.5, 0.6) is 23.0 Å².